The summed E-state index contributed by atoms with van der Waals surface area (Å²) in [5, 5.41) is 15.0. The van der Waals surface area contributed by atoms with Gasteiger partial charge >= 0.3 is 0 Å². The number of carbonyl (C=O) groups excluding carboxylic acids is 1. The van der Waals surface area contributed by atoms with Gasteiger partial charge in [0.05, 0.1) is 11.8 Å². The predicted octanol–water partition coefficient (Wildman–Crippen LogP) is 2.33. The van der Waals surface area contributed by atoms with Gasteiger partial charge in [0.2, 0.25) is 11.1 Å². The van der Waals surface area contributed by atoms with Crippen molar-refractivity contribution in [1.82, 2.24) is 30.0 Å². The van der Waals surface area contributed by atoms with Crippen LogP contribution in [0.3, 0.4) is 0 Å². The van der Waals surface area contributed by atoms with Gasteiger partial charge in [0.25, 0.3) is 0 Å². The zero-order valence-corrected chi connectivity index (χ0v) is 17.1. The zero-order valence-electron chi connectivity index (χ0n) is 15.5. The Kier molecular flexibility index (Phi) is 6.41. The molecule has 4 rings (SSSR count). The number of rotatable bonds is 7. The first-order chi connectivity index (χ1) is 13.3. The third-order valence-corrected chi connectivity index (χ3v) is 7.29. The maximum absolute atomic E-state index is 12.6. The molecule has 1 aliphatic heterocycles. The molecule has 0 atom stereocenters. The number of carbonyl (C=O) groups is 1. The maximum atomic E-state index is 12.6. The summed E-state index contributed by atoms with van der Waals surface area (Å²) >= 11 is 3.30. The molecular weight excluding hydrogens is 380 g/mol. The second kappa shape index (κ2) is 9.16. The van der Waals surface area contributed by atoms with Gasteiger partial charge in [0, 0.05) is 37.6 Å². The van der Waals surface area contributed by atoms with Gasteiger partial charge in [0.1, 0.15) is 0 Å². The van der Waals surface area contributed by atoms with E-state index in [0.717, 1.165) is 57.1 Å². The molecule has 1 saturated carbocycles. The van der Waals surface area contributed by atoms with Crippen molar-refractivity contribution < 1.29 is 4.79 Å². The SMILES string of the molecule is O=C(CSc1nnnn1C1CCCC1)N1CCN(CCc2cccs2)CC1. The fraction of sp³-hybridized carbons (Fsp3) is 0.667. The molecular formula is C18H26N6OS2. The first kappa shape index (κ1) is 18.9. The quantitative estimate of drug-likeness (QED) is 0.658. The first-order valence-corrected chi connectivity index (χ1v) is 11.6. The van der Waals surface area contributed by atoms with Crippen LogP contribution in [0.5, 0.6) is 0 Å². The van der Waals surface area contributed by atoms with Crippen LogP contribution >= 0.6 is 23.1 Å². The lowest BCUT2D eigenvalue weighted by molar-refractivity contribution is -0.130. The van der Waals surface area contributed by atoms with Crippen molar-refractivity contribution >= 4 is 29.0 Å². The van der Waals surface area contributed by atoms with Gasteiger partial charge in [-0.1, -0.05) is 30.7 Å². The van der Waals surface area contributed by atoms with Crippen molar-refractivity contribution in [2.24, 2.45) is 0 Å². The highest BCUT2D eigenvalue weighted by Gasteiger charge is 2.24. The Bertz CT molecular complexity index is 720. The number of thioether (sulfide) groups is 1. The molecule has 0 spiro atoms. The standard InChI is InChI=1S/C18H26N6OS2/c25-17(14-27-18-19-20-21-24(18)15-4-1-2-5-15)23-11-9-22(10-12-23)8-7-16-6-3-13-26-16/h3,6,13,15H,1-2,4-5,7-12,14H2. The maximum Gasteiger partial charge on any atom is 0.233 e. The minimum Gasteiger partial charge on any atom is -0.339 e. The summed E-state index contributed by atoms with van der Waals surface area (Å²) in [5.41, 5.74) is 0. The third-order valence-electron chi connectivity index (χ3n) is 5.44. The first-order valence-electron chi connectivity index (χ1n) is 9.73. The van der Waals surface area contributed by atoms with Crippen molar-refractivity contribution in [2.75, 3.05) is 38.5 Å². The molecule has 7 nitrogen and oxygen atoms in total. The van der Waals surface area contributed by atoms with E-state index < -0.39 is 0 Å². The summed E-state index contributed by atoms with van der Waals surface area (Å²) < 4.78 is 1.92. The molecule has 0 radical (unpaired) electrons. The zero-order chi connectivity index (χ0) is 18.5. The number of aromatic nitrogens is 4. The van der Waals surface area contributed by atoms with Crippen molar-refractivity contribution in [3.63, 3.8) is 0 Å². The Morgan fingerprint density at radius 3 is 2.78 bits per heavy atom. The number of thiophene rings is 1. The van der Waals surface area contributed by atoms with E-state index in [1.807, 2.05) is 20.9 Å². The van der Waals surface area contributed by atoms with Gasteiger partial charge in [-0.3, -0.25) is 9.69 Å². The molecule has 0 N–H and O–H groups in total. The second-order valence-electron chi connectivity index (χ2n) is 7.18. The minimum absolute atomic E-state index is 0.193. The Morgan fingerprint density at radius 2 is 2.04 bits per heavy atom. The topological polar surface area (TPSA) is 67.2 Å². The van der Waals surface area contributed by atoms with E-state index >= 15 is 0 Å². The van der Waals surface area contributed by atoms with Crippen molar-refractivity contribution in [3.8, 4) is 0 Å². The molecule has 0 unspecified atom stereocenters. The predicted molar refractivity (Wildman–Crippen MR) is 107 cm³/mol. The molecule has 0 aromatic carbocycles. The molecule has 2 aromatic rings. The lowest BCUT2D eigenvalue weighted by Crippen LogP contribution is -2.49. The third kappa shape index (κ3) is 4.89. The highest BCUT2D eigenvalue weighted by atomic mass is 32.2. The van der Waals surface area contributed by atoms with Crippen molar-refractivity contribution in [2.45, 2.75) is 43.3 Å². The van der Waals surface area contributed by atoms with E-state index in [-0.39, 0.29) is 5.91 Å². The van der Waals surface area contributed by atoms with E-state index in [1.165, 1.54) is 29.5 Å². The Labute approximate surface area is 168 Å². The fourth-order valence-corrected chi connectivity index (χ4v) is 5.37. The Balaban J connectivity index is 1.20. The Hall–Kier alpha value is -1.45. The van der Waals surface area contributed by atoms with Crippen LogP contribution < -0.4 is 0 Å². The molecule has 1 amide bonds. The minimum atomic E-state index is 0.193. The van der Waals surface area contributed by atoms with Gasteiger partial charge in [-0.05, 0) is 41.1 Å². The van der Waals surface area contributed by atoms with Crippen LogP contribution in [-0.4, -0.2) is 74.4 Å². The Morgan fingerprint density at radius 1 is 1.22 bits per heavy atom. The number of hydrogen-bond acceptors (Lipinski definition) is 7. The summed E-state index contributed by atoms with van der Waals surface area (Å²) in [6.07, 6.45) is 5.86. The number of tetrazole rings is 1. The molecule has 27 heavy (non-hydrogen) atoms. The average molecular weight is 407 g/mol. The van der Waals surface area contributed by atoms with Gasteiger partial charge in [0.15, 0.2) is 0 Å². The largest absolute Gasteiger partial charge is 0.339 e. The number of nitrogens with zero attached hydrogens (tertiary/aromatic N) is 6. The monoisotopic (exact) mass is 406 g/mol. The molecule has 2 fully saturated rings. The van der Waals surface area contributed by atoms with E-state index in [4.69, 9.17) is 0 Å². The summed E-state index contributed by atoms with van der Waals surface area (Å²) in [7, 11) is 0. The highest BCUT2D eigenvalue weighted by Crippen LogP contribution is 2.31. The average Bonchev–Trinajstić information content (AvgIpc) is 3.47. The second-order valence-corrected chi connectivity index (χ2v) is 9.16. The molecule has 1 saturated heterocycles. The van der Waals surface area contributed by atoms with Crippen LogP contribution in [0.25, 0.3) is 0 Å². The van der Waals surface area contributed by atoms with Crippen LogP contribution in [-0.2, 0) is 11.2 Å². The van der Waals surface area contributed by atoms with Crippen LogP contribution in [0.15, 0.2) is 22.7 Å². The smallest absolute Gasteiger partial charge is 0.233 e. The van der Waals surface area contributed by atoms with Crippen LogP contribution in [0.1, 0.15) is 36.6 Å². The van der Waals surface area contributed by atoms with E-state index in [9.17, 15) is 4.79 Å². The molecule has 0 bridgehead atoms. The number of hydrogen-bond donors (Lipinski definition) is 0. The van der Waals surface area contributed by atoms with Gasteiger partial charge < -0.3 is 4.90 Å². The molecule has 9 heteroatoms. The van der Waals surface area contributed by atoms with Crippen LogP contribution in [0, 0.1) is 0 Å². The van der Waals surface area contributed by atoms with Crippen LogP contribution in [0.4, 0.5) is 0 Å². The van der Waals surface area contributed by atoms with Crippen LogP contribution in [0.2, 0.25) is 0 Å². The summed E-state index contributed by atoms with van der Waals surface area (Å²) in [6, 6.07) is 4.71. The van der Waals surface area contributed by atoms with Gasteiger partial charge in [-0.2, -0.15) is 0 Å². The van der Waals surface area contributed by atoms with Gasteiger partial charge in [-0.25, -0.2) is 4.68 Å². The molecule has 2 aliphatic rings. The molecule has 3 heterocycles. The van der Waals surface area contributed by atoms with E-state index in [0.29, 0.717) is 11.8 Å². The molecule has 2 aromatic heterocycles. The normalized spacial score (nSPS) is 19.0. The van der Waals surface area contributed by atoms with Gasteiger partial charge in [-0.15, -0.1) is 16.4 Å². The summed E-state index contributed by atoms with van der Waals surface area (Å²) in [5.74, 6) is 0.612. The highest BCUT2D eigenvalue weighted by molar-refractivity contribution is 7.99. The fourth-order valence-electron chi connectivity index (χ4n) is 3.82. The summed E-state index contributed by atoms with van der Waals surface area (Å²) in [4.78, 5) is 18.5. The summed E-state index contributed by atoms with van der Waals surface area (Å²) in [6.45, 7) is 4.63. The number of piperazine rings is 1. The lowest BCUT2D eigenvalue weighted by atomic mass is 10.2. The lowest BCUT2D eigenvalue weighted by Gasteiger charge is -2.34. The van der Waals surface area contributed by atoms with E-state index in [1.54, 1.807) is 0 Å². The number of amides is 1. The van der Waals surface area contributed by atoms with Crippen molar-refractivity contribution in [1.29, 1.82) is 0 Å². The van der Waals surface area contributed by atoms with E-state index in [2.05, 4.69) is 37.9 Å². The molecule has 146 valence electrons. The van der Waals surface area contributed by atoms with Crippen molar-refractivity contribution in [3.05, 3.63) is 22.4 Å². The molecule has 1 aliphatic carbocycles.